The number of anilines is 2. The minimum Gasteiger partial charge on any atom is -0.480 e. The summed E-state index contributed by atoms with van der Waals surface area (Å²) in [5, 5.41) is 10.4. The number of hydrogen-bond donors (Lipinski definition) is 1. The summed E-state index contributed by atoms with van der Waals surface area (Å²) in [4.78, 5) is 13.6. The van der Waals surface area contributed by atoms with Crippen LogP contribution in [0.1, 0.15) is 12.8 Å². The predicted molar refractivity (Wildman–Crippen MR) is 89.5 cm³/mol. The van der Waals surface area contributed by atoms with Gasteiger partial charge in [0.1, 0.15) is 6.04 Å². The lowest BCUT2D eigenvalue weighted by Gasteiger charge is -2.31. The van der Waals surface area contributed by atoms with Gasteiger partial charge in [-0.05, 0) is 37.1 Å². The van der Waals surface area contributed by atoms with Gasteiger partial charge in [0.15, 0.2) is 0 Å². The van der Waals surface area contributed by atoms with Gasteiger partial charge in [-0.3, -0.25) is 0 Å². The standard InChI is InChI=1S/C17H18BrNO2/c18-13-7-12-16(17(20)21)19(14-8-3-1-4-9-14)15-10-5-2-6-11-15/h1-6,8-11,16H,7,12-13H2,(H,20,21). The van der Waals surface area contributed by atoms with Crippen LogP contribution in [0.4, 0.5) is 11.4 Å². The van der Waals surface area contributed by atoms with Crippen LogP contribution in [0.25, 0.3) is 0 Å². The summed E-state index contributed by atoms with van der Waals surface area (Å²) in [7, 11) is 0. The molecule has 0 aliphatic rings. The van der Waals surface area contributed by atoms with E-state index in [2.05, 4.69) is 15.9 Å². The fourth-order valence-corrected chi connectivity index (χ4v) is 2.64. The number of benzene rings is 2. The van der Waals surface area contributed by atoms with Gasteiger partial charge in [-0.2, -0.15) is 0 Å². The van der Waals surface area contributed by atoms with Gasteiger partial charge in [0.25, 0.3) is 0 Å². The Bertz CT molecular complexity index is 520. The molecule has 0 saturated heterocycles. The Morgan fingerprint density at radius 2 is 1.48 bits per heavy atom. The maximum absolute atomic E-state index is 11.7. The van der Waals surface area contributed by atoms with E-state index in [1.807, 2.05) is 65.6 Å². The summed E-state index contributed by atoms with van der Waals surface area (Å²) in [6.45, 7) is 0. The van der Waals surface area contributed by atoms with Gasteiger partial charge in [0.05, 0.1) is 0 Å². The Morgan fingerprint density at radius 1 is 1.00 bits per heavy atom. The second kappa shape index (κ2) is 7.84. The van der Waals surface area contributed by atoms with Crippen molar-refractivity contribution in [3.8, 4) is 0 Å². The first-order chi connectivity index (χ1) is 10.2. The van der Waals surface area contributed by atoms with Crippen molar-refractivity contribution in [3.63, 3.8) is 0 Å². The number of rotatable bonds is 7. The van der Waals surface area contributed by atoms with Crippen molar-refractivity contribution in [2.45, 2.75) is 18.9 Å². The molecule has 0 saturated carbocycles. The van der Waals surface area contributed by atoms with Crippen LogP contribution in [0.2, 0.25) is 0 Å². The van der Waals surface area contributed by atoms with Crippen molar-refractivity contribution in [3.05, 3.63) is 60.7 Å². The van der Waals surface area contributed by atoms with Gasteiger partial charge < -0.3 is 10.0 Å². The lowest BCUT2D eigenvalue weighted by molar-refractivity contribution is -0.138. The van der Waals surface area contributed by atoms with Crippen LogP contribution in [0, 0.1) is 0 Å². The van der Waals surface area contributed by atoms with Crippen LogP contribution in [0.3, 0.4) is 0 Å². The molecule has 21 heavy (non-hydrogen) atoms. The quantitative estimate of drug-likeness (QED) is 0.752. The molecule has 0 aromatic heterocycles. The molecular weight excluding hydrogens is 330 g/mol. The zero-order valence-electron chi connectivity index (χ0n) is 11.7. The zero-order chi connectivity index (χ0) is 15.1. The lowest BCUT2D eigenvalue weighted by atomic mass is 10.1. The third-order valence-electron chi connectivity index (χ3n) is 3.28. The number of halogens is 1. The molecule has 0 bridgehead atoms. The van der Waals surface area contributed by atoms with Crippen LogP contribution in [0.15, 0.2) is 60.7 Å². The summed E-state index contributed by atoms with van der Waals surface area (Å²) in [5.74, 6) is -0.802. The highest BCUT2D eigenvalue weighted by Crippen LogP contribution is 2.29. The van der Waals surface area contributed by atoms with Gasteiger partial charge in [-0.1, -0.05) is 52.3 Å². The molecule has 2 rings (SSSR count). The highest BCUT2D eigenvalue weighted by molar-refractivity contribution is 9.09. The fraction of sp³-hybridized carbons (Fsp3) is 0.235. The summed E-state index contributed by atoms with van der Waals surface area (Å²) in [5.41, 5.74) is 1.79. The van der Waals surface area contributed by atoms with Gasteiger partial charge in [-0.25, -0.2) is 4.79 Å². The van der Waals surface area contributed by atoms with E-state index in [1.54, 1.807) is 0 Å². The lowest BCUT2D eigenvalue weighted by Crippen LogP contribution is -2.38. The number of hydrogen-bond acceptors (Lipinski definition) is 2. The molecule has 2 aromatic rings. The van der Waals surface area contributed by atoms with Crippen molar-refractivity contribution >= 4 is 33.3 Å². The molecule has 0 radical (unpaired) electrons. The van der Waals surface area contributed by atoms with E-state index in [0.717, 1.165) is 23.1 Å². The number of carbonyl (C=O) groups is 1. The topological polar surface area (TPSA) is 40.5 Å². The molecule has 1 unspecified atom stereocenters. The maximum atomic E-state index is 11.7. The highest BCUT2D eigenvalue weighted by atomic mass is 79.9. The molecule has 0 heterocycles. The van der Waals surface area contributed by atoms with Crippen molar-refractivity contribution in [1.82, 2.24) is 0 Å². The number of nitrogens with zero attached hydrogens (tertiary/aromatic N) is 1. The molecule has 2 aromatic carbocycles. The highest BCUT2D eigenvalue weighted by Gasteiger charge is 2.26. The molecule has 0 fully saturated rings. The van der Waals surface area contributed by atoms with Gasteiger partial charge in [-0.15, -0.1) is 0 Å². The van der Waals surface area contributed by atoms with Gasteiger partial charge in [0, 0.05) is 16.7 Å². The van der Waals surface area contributed by atoms with E-state index in [4.69, 9.17) is 0 Å². The molecule has 4 heteroatoms. The average Bonchev–Trinajstić information content (AvgIpc) is 2.53. The van der Waals surface area contributed by atoms with Crippen LogP contribution in [0.5, 0.6) is 0 Å². The van der Waals surface area contributed by atoms with Gasteiger partial charge in [0.2, 0.25) is 0 Å². The Hall–Kier alpha value is -1.81. The Morgan fingerprint density at radius 3 is 1.86 bits per heavy atom. The number of para-hydroxylation sites is 2. The Balaban J connectivity index is 2.42. The maximum Gasteiger partial charge on any atom is 0.326 e. The second-order valence-corrected chi connectivity index (χ2v) is 5.52. The zero-order valence-corrected chi connectivity index (χ0v) is 13.2. The first-order valence-corrected chi connectivity index (χ1v) is 8.04. The van der Waals surface area contributed by atoms with Gasteiger partial charge >= 0.3 is 5.97 Å². The Labute approximate surface area is 133 Å². The largest absolute Gasteiger partial charge is 0.480 e. The number of aliphatic carboxylic acids is 1. The number of carboxylic acids is 1. The van der Waals surface area contributed by atoms with Crippen LogP contribution < -0.4 is 4.90 Å². The summed E-state index contributed by atoms with van der Waals surface area (Å²) >= 11 is 3.38. The summed E-state index contributed by atoms with van der Waals surface area (Å²) < 4.78 is 0. The van der Waals surface area contributed by atoms with E-state index >= 15 is 0 Å². The minimum absolute atomic E-state index is 0.577. The van der Waals surface area contributed by atoms with Crippen molar-refractivity contribution < 1.29 is 9.90 Å². The fourth-order valence-electron chi connectivity index (χ4n) is 2.32. The molecule has 1 N–H and O–H groups in total. The molecule has 110 valence electrons. The molecule has 1 atom stereocenters. The summed E-state index contributed by atoms with van der Waals surface area (Å²) in [6.07, 6.45) is 1.40. The average molecular weight is 348 g/mol. The van der Waals surface area contributed by atoms with Crippen molar-refractivity contribution in [2.75, 3.05) is 10.2 Å². The first kappa shape index (κ1) is 15.6. The van der Waals surface area contributed by atoms with E-state index in [-0.39, 0.29) is 0 Å². The van der Waals surface area contributed by atoms with Crippen LogP contribution >= 0.6 is 15.9 Å². The van der Waals surface area contributed by atoms with Crippen LogP contribution in [-0.2, 0) is 4.79 Å². The van der Waals surface area contributed by atoms with Crippen LogP contribution in [-0.4, -0.2) is 22.4 Å². The van der Waals surface area contributed by atoms with E-state index < -0.39 is 12.0 Å². The summed E-state index contributed by atoms with van der Waals surface area (Å²) in [6, 6.07) is 18.8. The SMILES string of the molecule is O=C(O)C(CCCBr)N(c1ccccc1)c1ccccc1. The molecule has 3 nitrogen and oxygen atoms in total. The third-order valence-corrected chi connectivity index (χ3v) is 3.84. The molecule has 0 aliphatic heterocycles. The monoisotopic (exact) mass is 347 g/mol. The molecule has 0 spiro atoms. The van der Waals surface area contributed by atoms with E-state index in [9.17, 15) is 9.90 Å². The normalized spacial score (nSPS) is 11.9. The molecular formula is C17H18BrNO2. The number of alkyl halides is 1. The molecule has 0 aliphatic carbocycles. The second-order valence-electron chi connectivity index (χ2n) is 4.73. The molecule has 0 amide bonds. The van der Waals surface area contributed by atoms with E-state index in [0.29, 0.717) is 6.42 Å². The van der Waals surface area contributed by atoms with Crippen molar-refractivity contribution in [1.29, 1.82) is 0 Å². The van der Waals surface area contributed by atoms with Crippen molar-refractivity contribution in [2.24, 2.45) is 0 Å². The predicted octanol–water partition coefficient (Wildman–Crippen LogP) is 4.45. The Kier molecular flexibility index (Phi) is 5.81. The minimum atomic E-state index is -0.802. The van der Waals surface area contributed by atoms with E-state index in [1.165, 1.54) is 0 Å². The number of carboxylic acid groups (broad SMARTS) is 1. The smallest absolute Gasteiger partial charge is 0.326 e. The third kappa shape index (κ3) is 4.08. The first-order valence-electron chi connectivity index (χ1n) is 6.92.